The van der Waals surface area contributed by atoms with Crippen molar-refractivity contribution in [3.8, 4) is 0 Å². The normalized spacial score (nSPS) is 16.2. The topological polar surface area (TPSA) is 63.7 Å². The van der Waals surface area contributed by atoms with Gasteiger partial charge in [-0.05, 0) is 61.0 Å². The molecule has 0 radical (unpaired) electrons. The summed E-state index contributed by atoms with van der Waals surface area (Å²) in [6.07, 6.45) is 2.05. The van der Waals surface area contributed by atoms with Gasteiger partial charge in [-0.1, -0.05) is 35.9 Å². The maximum absolute atomic E-state index is 13.3. The minimum Gasteiger partial charge on any atom is -0.376 e. The van der Waals surface area contributed by atoms with E-state index in [9.17, 15) is 13.2 Å². The van der Waals surface area contributed by atoms with Gasteiger partial charge in [0, 0.05) is 23.6 Å². The SMILES string of the molecule is Cc1ccc(S(=O)(=O)Cc2ccc(C(=O)N(Cc3cccs3)CC3CCCO3)cc2)cc1. The maximum atomic E-state index is 13.3. The van der Waals surface area contributed by atoms with E-state index in [1.165, 1.54) is 0 Å². The van der Waals surface area contributed by atoms with E-state index in [0.29, 0.717) is 29.1 Å². The van der Waals surface area contributed by atoms with Gasteiger partial charge in [-0.25, -0.2) is 8.42 Å². The van der Waals surface area contributed by atoms with Crippen LogP contribution in [-0.2, 0) is 26.9 Å². The summed E-state index contributed by atoms with van der Waals surface area (Å²) in [7, 11) is -3.44. The molecule has 0 bridgehead atoms. The van der Waals surface area contributed by atoms with Crippen LogP contribution >= 0.6 is 11.3 Å². The number of thiophene rings is 1. The van der Waals surface area contributed by atoms with Crippen LogP contribution in [0.4, 0.5) is 0 Å². The average molecular weight is 470 g/mol. The lowest BCUT2D eigenvalue weighted by Crippen LogP contribution is -2.36. The average Bonchev–Trinajstić information content (AvgIpc) is 3.48. The van der Waals surface area contributed by atoms with Crippen molar-refractivity contribution in [1.29, 1.82) is 0 Å². The lowest BCUT2D eigenvalue weighted by atomic mass is 10.1. The summed E-state index contributed by atoms with van der Waals surface area (Å²) in [6.45, 7) is 3.77. The second kappa shape index (κ2) is 9.98. The van der Waals surface area contributed by atoms with Gasteiger partial charge in [0.2, 0.25) is 0 Å². The number of carbonyl (C=O) groups is 1. The second-order valence-corrected chi connectivity index (χ2v) is 11.2. The second-order valence-electron chi connectivity index (χ2n) is 8.17. The predicted molar refractivity (Wildman–Crippen MR) is 127 cm³/mol. The minimum atomic E-state index is -3.44. The van der Waals surface area contributed by atoms with E-state index in [4.69, 9.17) is 4.74 Å². The zero-order valence-corrected chi connectivity index (χ0v) is 19.7. The summed E-state index contributed by atoms with van der Waals surface area (Å²) in [6, 6.07) is 17.8. The van der Waals surface area contributed by atoms with Gasteiger partial charge in [0.05, 0.1) is 23.3 Å². The monoisotopic (exact) mass is 469 g/mol. The summed E-state index contributed by atoms with van der Waals surface area (Å²) >= 11 is 1.63. The molecule has 2 heterocycles. The van der Waals surface area contributed by atoms with E-state index < -0.39 is 9.84 Å². The van der Waals surface area contributed by atoms with Crippen molar-refractivity contribution in [1.82, 2.24) is 4.90 Å². The molecule has 1 amide bonds. The molecule has 2 aromatic carbocycles. The Morgan fingerprint density at radius 2 is 1.84 bits per heavy atom. The maximum Gasteiger partial charge on any atom is 0.254 e. The molecule has 7 heteroatoms. The summed E-state index contributed by atoms with van der Waals surface area (Å²) < 4.78 is 31.2. The van der Waals surface area contributed by atoms with E-state index >= 15 is 0 Å². The van der Waals surface area contributed by atoms with Crippen LogP contribution in [0.5, 0.6) is 0 Å². The summed E-state index contributed by atoms with van der Waals surface area (Å²) in [5.74, 6) is -0.166. The van der Waals surface area contributed by atoms with E-state index in [0.717, 1.165) is 29.9 Å². The molecule has 32 heavy (non-hydrogen) atoms. The van der Waals surface area contributed by atoms with Crippen molar-refractivity contribution >= 4 is 27.1 Å². The van der Waals surface area contributed by atoms with Crippen molar-refractivity contribution in [3.63, 3.8) is 0 Å². The van der Waals surface area contributed by atoms with Crippen LogP contribution in [0, 0.1) is 6.92 Å². The molecule has 0 N–H and O–H groups in total. The van der Waals surface area contributed by atoms with Gasteiger partial charge in [-0.2, -0.15) is 0 Å². The first-order valence-electron chi connectivity index (χ1n) is 10.7. The number of ether oxygens (including phenoxy) is 1. The molecule has 5 nitrogen and oxygen atoms in total. The molecule has 1 fully saturated rings. The fourth-order valence-corrected chi connectivity index (χ4v) is 5.89. The van der Waals surface area contributed by atoms with Crippen molar-refractivity contribution in [2.45, 2.75) is 43.1 Å². The lowest BCUT2D eigenvalue weighted by Gasteiger charge is -2.25. The highest BCUT2D eigenvalue weighted by molar-refractivity contribution is 7.90. The first-order valence-corrected chi connectivity index (χ1v) is 13.3. The Labute approximate surface area is 193 Å². The molecule has 1 unspecified atom stereocenters. The fourth-order valence-electron chi connectivity index (χ4n) is 3.82. The Hall–Kier alpha value is -2.48. The molecule has 168 valence electrons. The summed E-state index contributed by atoms with van der Waals surface area (Å²) in [4.78, 5) is 16.5. The summed E-state index contributed by atoms with van der Waals surface area (Å²) in [5, 5.41) is 2.01. The molecular formula is C25H27NO4S2. The number of hydrogen-bond acceptors (Lipinski definition) is 5. The Balaban J connectivity index is 1.48. The van der Waals surface area contributed by atoms with Crippen LogP contribution in [0.15, 0.2) is 70.9 Å². The fraction of sp³-hybridized carbons (Fsp3) is 0.320. The Morgan fingerprint density at radius 3 is 2.47 bits per heavy atom. The van der Waals surface area contributed by atoms with E-state index in [2.05, 4.69) is 0 Å². The zero-order chi connectivity index (χ0) is 22.6. The van der Waals surface area contributed by atoms with Gasteiger partial charge in [0.25, 0.3) is 5.91 Å². The molecule has 1 aliphatic rings. The highest BCUT2D eigenvalue weighted by Crippen LogP contribution is 2.21. The van der Waals surface area contributed by atoms with Crippen LogP contribution in [0.3, 0.4) is 0 Å². The number of nitrogens with zero attached hydrogens (tertiary/aromatic N) is 1. The first kappa shape index (κ1) is 22.7. The molecule has 1 aromatic heterocycles. The zero-order valence-electron chi connectivity index (χ0n) is 18.1. The first-order chi connectivity index (χ1) is 15.4. The third-order valence-corrected chi connectivity index (χ3v) is 8.16. The quantitative estimate of drug-likeness (QED) is 0.473. The van der Waals surface area contributed by atoms with Crippen molar-refractivity contribution in [2.24, 2.45) is 0 Å². The highest BCUT2D eigenvalue weighted by Gasteiger charge is 2.24. The third-order valence-electron chi connectivity index (χ3n) is 5.60. The number of hydrogen-bond donors (Lipinski definition) is 0. The molecule has 0 saturated carbocycles. The Kier molecular flexibility index (Phi) is 7.08. The van der Waals surface area contributed by atoms with Crippen LogP contribution in [0.1, 0.15) is 39.2 Å². The largest absolute Gasteiger partial charge is 0.376 e. The van der Waals surface area contributed by atoms with Crippen molar-refractivity contribution in [2.75, 3.05) is 13.2 Å². The number of carbonyl (C=O) groups excluding carboxylic acids is 1. The molecule has 1 atom stereocenters. The van der Waals surface area contributed by atoms with Crippen molar-refractivity contribution < 1.29 is 17.9 Å². The van der Waals surface area contributed by atoms with E-state index in [1.54, 1.807) is 59.9 Å². The van der Waals surface area contributed by atoms with E-state index in [1.807, 2.05) is 29.3 Å². The highest BCUT2D eigenvalue weighted by atomic mass is 32.2. The molecule has 3 aromatic rings. The number of sulfone groups is 1. The third kappa shape index (κ3) is 5.65. The predicted octanol–water partition coefficient (Wildman–Crippen LogP) is 4.85. The van der Waals surface area contributed by atoms with Gasteiger partial charge in [-0.3, -0.25) is 4.79 Å². The van der Waals surface area contributed by atoms with Crippen LogP contribution in [-0.4, -0.2) is 38.5 Å². The molecule has 1 aliphatic heterocycles. The van der Waals surface area contributed by atoms with Crippen LogP contribution < -0.4 is 0 Å². The molecule has 1 saturated heterocycles. The number of amides is 1. The van der Waals surface area contributed by atoms with Gasteiger partial charge in [-0.15, -0.1) is 11.3 Å². The van der Waals surface area contributed by atoms with E-state index in [-0.39, 0.29) is 17.8 Å². The van der Waals surface area contributed by atoms with Crippen LogP contribution in [0.25, 0.3) is 0 Å². The number of benzene rings is 2. The standard InChI is InChI=1S/C25H27NO4S2/c1-19-6-12-24(13-7-19)32(28,29)18-20-8-10-21(11-9-20)25(27)26(16-22-4-2-14-30-22)17-23-5-3-15-31-23/h3,5-13,15,22H,2,4,14,16-18H2,1H3. The smallest absolute Gasteiger partial charge is 0.254 e. The van der Waals surface area contributed by atoms with Crippen molar-refractivity contribution in [3.05, 3.63) is 87.6 Å². The van der Waals surface area contributed by atoms with Gasteiger partial charge < -0.3 is 9.64 Å². The van der Waals surface area contributed by atoms with Crippen LogP contribution in [0.2, 0.25) is 0 Å². The lowest BCUT2D eigenvalue weighted by molar-refractivity contribution is 0.0509. The van der Waals surface area contributed by atoms with Gasteiger partial charge in [0.15, 0.2) is 9.84 Å². The minimum absolute atomic E-state index is 0.0674. The number of rotatable bonds is 8. The van der Waals surface area contributed by atoms with Gasteiger partial charge >= 0.3 is 0 Å². The molecule has 4 rings (SSSR count). The molecular weight excluding hydrogens is 442 g/mol. The molecule has 0 spiro atoms. The Bertz CT molecular complexity index is 1130. The molecule has 0 aliphatic carbocycles. The van der Waals surface area contributed by atoms with Gasteiger partial charge in [0.1, 0.15) is 0 Å². The number of aryl methyl sites for hydroxylation is 1. The Morgan fingerprint density at radius 1 is 1.09 bits per heavy atom. The summed E-state index contributed by atoms with van der Waals surface area (Å²) in [5.41, 5.74) is 2.23.